The summed E-state index contributed by atoms with van der Waals surface area (Å²) < 4.78 is 12.1. The number of benzene rings is 1. The van der Waals surface area contributed by atoms with Crippen molar-refractivity contribution in [1.82, 2.24) is 4.90 Å². The number of fused-ring (bicyclic) bond motifs is 1. The first-order valence-corrected chi connectivity index (χ1v) is 12.9. The smallest absolute Gasteiger partial charge is 0.312 e. The van der Waals surface area contributed by atoms with Crippen LogP contribution in [0.5, 0.6) is 0 Å². The lowest BCUT2D eigenvalue weighted by atomic mass is 9.65. The number of esters is 1. The van der Waals surface area contributed by atoms with E-state index >= 15 is 0 Å². The van der Waals surface area contributed by atoms with Crippen molar-refractivity contribution >= 4 is 35.1 Å². The van der Waals surface area contributed by atoms with Crippen molar-refractivity contribution < 1.29 is 29.0 Å². The molecule has 3 aliphatic rings. The van der Waals surface area contributed by atoms with Crippen molar-refractivity contribution in [2.75, 3.05) is 18.5 Å². The molecule has 0 saturated carbocycles. The molecule has 3 fully saturated rings. The molecule has 8 nitrogen and oxygen atoms in total. The molecule has 2 bridgehead atoms. The number of likely N-dealkylation sites (tertiary alicyclic amines) is 1. The number of carbonyl (C=O) groups is 3. The maximum absolute atomic E-state index is 14.1. The first-order valence-electron chi connectivity index (χ1n) is 12.5. The molecule has 3 saturated heterocycles. The highest BCUT2D eigenvalue weighted by molar-refractivity contribution is 6.33. The fraction of sp³-hybridized carbons (Fsp3) is 0.654. The Balaban J connectivity index is 1.81. The Morgan fingerprint density at radius 3 is 2.60 bits per heavy atom. The number of carbonyl (C=O) groups excluding carboxylic acids is 3. The van der Waals surface area contributed by atoms with E-state index in [1.165, 1.54) is 4.90 Å². The summed E-state index contributed by atoms with van der Waals surface area (Å²) in [7, 11) is 0. The van der Waals surface area contributed by atoms with Gasteiger partial charge in [0.1, 0.15) is 17.6 Å². The number of halogens is 1. The third-order valence-corrected chi connectivity index (χ3v) is 8.22. The molecule has 2 unspecified atom stereocenters. The Bertz CT molecular complexity index is 1000. The summed E-state index contributed by atoms with van der Waals surface area (Å²) in [4.78, 5) is 42.7. The topological polar surface area (TPSA) is 105 Å². The number of hydrogen-bond donors (Lipinski definition) is 2. The minimum atomic E-state index is -1.18. The summed E-state index contributed by atoms with van der Waals surface area (Å²) in [5, 5.41) is 13.5. The second-order valence-electron chi connectivity index (χ2n) is 10.3. The molecular formula is C26H35ClN2O6. The fourth-order valence-electron chi connectivity index (χ4n) is 6.52. The van der Waals surface area contributed by atoms with E-state index in [0.29, 0.717) is 36.4 Å². The van der Waals surface area contributed by atoms with Gasteiger partial charge in [-0.3, -0.25) is 14.4 Å². The highest BCUT2D eigenvalue weighted by Crippen LogP contribution is 2.64. The molecule has 3 aliphatic heterocycles. The van der Waals surface area contributed by atoms with Crippen molar-refractivity contribution in [1.29, 1.82) is 0 Å². The van der Waals surface area contributed by atoms with Crippen LogP contribution in [0.3, 0.4) is 0 Å². The summed E-state index contributed by atoms with van der Waals surface area (Å²) in [6, 6.07) is 5.28. The van der Waals surface area contributed by atoms with Crippen molar-refractivity contribution in [2.45, 2.75) is 76.7 Å². The van der Waals surface area contributed by atoms with Crippen LogP contribution >= 0.6 is 11.6 Å². The summed E-state index contributed by atoms with van der Waals surface area (Å²) >= 11 is 6.30. The van der Waals surface area contributed by atoms with E-state index in [1.54, 1.807) is 31.2 Å². The van der Waals surface area contributed by atoms with Gasteiger partial charge in [-0.2, -0.15) is 0 Å². The summed E-state index contributed by atoms with van der Waals surface area (Å²) in [6.07, 6.45) is 2.04. The zero-order valence-corrected chi connectivity index (χ0v) is 21.5. The molecule has 1 aromatic rings. The van der Waals surface area contributed by atoms with Crippen molar-refractivity contribution in [2.24, 2.45) is 17.8 Å². The molecule has 0 radical (unpaired) electrons. The van der Waals surface area contributed by atoms with E-state index in [0.717, 1.165) is 0 Å². The van der Waals surface area contributed by atoms with Gasteiger partial charge in [0, 0.05) is 0 Å². The van der Waals surface area contributed by atoms with E-state index < -0.39 is 47.0 Å². The molecule has 2 N–H and O–H groups in total. The fourth-order valence-corrected chi connectivity index (χ4v) is 6.71. The van der Waals surface area contributed by atoms with Gasteiger partial charge in [0.2, 0.25) is 11.8 Å². The second-order valence-corrected chi connectivity index (χ2v) is 10.7. The van der Waals surface area contributed by atoms with Gasteiger partial charge < -0.3 is 24.8 Å². The van der Waals surface area contributed by atoms with Crippen LogP contribution in [-0.2, 0) is 23.9 Å². The van der Waals surface area contributed by atoms with Gasteiger partial charge >= 0.3 is 5.97 Å². The lowest BCUT2D eigenvalue weighted by Crippen LogP contribution is -2.56. The minimum absolute atomic E-state index is 0.172. The first kappa shape index (κ1) is 25.9. The van der Waals surface area contributed by atoms with Gasteiger partial charge in [-0.25, -0.2) is 0 Å². The van der Waals surface area contributed by atoms with Gasteiger partial charge in [-0.1, -0.05) is 44.5 Å². The number of nitrogens with one attached hydrogen (secondary N) is 1. The Morgan fingerprint density at radius 2 is 2.00 bits per heavy atom. The molecule has 1 spiro atoms. The Kier molecular flexibility index (Phi) is 7.19. The SMILES string of the molecule is CCOC(=O)[C@@H]1[C@H]2C(=O)N([C@@H](CO)CC(C)C)C(C(=O)Nc3ccccc3Cl)C23CC[C@@]1(CC)O3. The van der Waals surface area contributed by atoms with E-state index in [-0.39, 0.29) is 25.0 Å². The predicted octanol–water partition coefficient (Wildman–Crippen LogP) is 3.40. The predicted molar refractivity (Wildman–Crippen MR) is 131 cm³/mol. The number of rotatable bonds is 9. The molecule has 0 aliphatic carbocycles. The van der Waals surface area contributed by atoms with E-state index in [2.05, 4.69) is 5.32 Å². The van der Waals surface area contributed by atoms with Crippen LogP contribution in [0.4, 0.5) is 5.69 Å². The van der Waals surface area contributed by atoms with Crippen LogP contribution in [-0.4, -0.2) is 64.3 Å². The molecular weight excluding hydrogens is 472 g/mol. The standard InChI is InChI=1S/C26H35ClN2O6/c1-5-25-11-12-26(35-25)19(20(25)24(33)34-6-2)23(32)29(16(14-30)13-15(3)4)21(26)22(31)28-18-10-8-7-9-17(18)27/h7-10,15-16,19-21,30H,5-6,11-14H2,1-4H3,(H,28,31)/t16-,19+,20+,21?,25-,26?/m1/s1. The number of amides is 2. The molecule has 1 aromatic carbocycles. The number of para-hydroxylation sites is 1. The largest absolute Gasteiger partial charge is 0.466 e. The molecule has 192 valence electrons. The first-order chi connectivity index (χ1) is 16.7. The Labute approximate surface area is 211 Å². The van der Waals surface area contributed by atoms with Gasteiger partial charge in [-0.05, 0) is 50.7 Å². The Morgan fingerprint density at radius 1 is 1.29 bits per heavy atom. The lowest BCUT2D eigenvalue weighted by molar-refractivity contribution is -0.161. The number of nitrogens with zero attached hydrogens (tertiary/aromatic N) is 1. The summed E-state index contributed by atoms with van der Waals surface area (Å²) in [5.41, 5.74) is -1.61. The number of ether oxygens (including phenoxy) is 2. The van der Waals surface area contributed by atoms with Gasteiger partial charge in [0.15, 0.2) is 0 Å². The maximum atomic E-state index is 14.1. The van der Waals surface area contributed by atoms with Crippen LogP contribution in [0.1, 0.15) is 53.4 Å². The van der Waals surface area contributed by atoms with Crippen LogP contribution < -0.4 is 5.32 Å². The zero-order chi connectivity index (χ0) is 25.5. The van der Waals surface area contributed by atoms with Crippen LogP contribution in [0.25, 0.3) is 0 Å². The maximum Gasteiger partial charge on any atom is 0.312 e. The Hall–Kier alpha value is -2.16. The van der Waals surface area contributed by atoms with E-state index in [4.69, 9.17) is 21.1 Å². The van der Waals surface area contributed by atoms with Crippen LogP contribution in [0, 0.1) is 17.8 Å². The average Bonchev–Trinajstić information content (AvgIpc) is 3.42. The van der Waals surface area contributed by atoms with Gasteiger partial charge in [0.25, 0.3) is 0 Å². The average molecular weight is 507 g/mol. The second kappa shape index (κ2) is 9.71. The third-order valence-electron chi connectivity index (χ3n) is 7.89. The highest BCUT2D eigenvalue weighted by atomic mass is 35.5. The van der Waals surface area contributed by atoms with E-state index in [1.807, 2.05) is 20.8 Å². The molecule has 35 heavy (non-hydrogen) atoms. The monoisotopic (exact) mass is 506 g/mol. The number of anilines is 1. The molecule has 3 heterocycles. The van der Waals surface area contributed by atoms with Gasteiger partial charge in [0.05, 0.1) is 41.5 Å². The quantitative estimate of drug-likeness (QED) is 0.497. The van der Waals surface area contributed by atoms with Crippen molar-refractivity contribution in [3.05, 3.63) is 29.3 Å². The number of aliphatic hydroxyl groups is 1. The lowest BCUT2D eigenvalue weighted by Gasteiger charge is -2.37. The molecule has 0 aromatic heterocycles. The summed E-state index contributed by atoms with van der Waals surface area (Å²) in [5.74, 6) is -2.72. The third kappa shape index (κ3) is 4.03. The minimum Gasteiger partial charge on any atom is -0.466 e. The molecule has 2 amide bonds. The van der Waals surface area contributed by atoms with Crippen molar-refractivity contribution in [3.63, 3.8) is 0 Å². The van der Waals surface area contributed by atoms with E-state index in [9.17, 15) is 19.5 Å². The highest BCUT2D eigenvalue weighted by Gasteiger charge is 2.79. The van der Waals surface area contributed by atoms with Gasteiger partial charge in [-0.15, -0.1) is 0 Å². The van der Waals surface area contributed by atoms with Crippen LogP contribution in [0.2, 0.25) is 5.02 Å². The van der Waals surface area contributed by atoms with Crippen LogP contribution in [0.15, 0.2) is 24.3 Å². The number of aliphatic hydroxyl groups excluding tert-OH is 1. The number of hydrogen-bond acceptors (Lipinski definition) is 6. The van der Waals surface area contributed by atoms with Crippen molar-refractivity contribution in [3.8, 4) is 0 Å². The molecule has 6 atom stereocenters. The summed E-state index contributed by atoms with van der Waals surface area (Å²) in [6.45, 7) is 7.55. The normalized spacial score (nSPS) is 32.1. The zero-order valence-electron chi connectivity index (χ0n) is 20.8. The molecule has 4 rings (SSSR count). The molecule has 9 heteroatoms.